The van der Waals surface area contributed by atoms with Gasteiger partial charge in [0.1, 0.15) is 0 Å². The van der Waals surface area contributed by atoms with E-state index in [2.05, 4.69) is 30.6 Å². The highest BCUT2D eigenvalue weighted by Crippen LogP contribution is 2.14. The highest BCUT2D eigenvalue weighted by molar-refractivity contribution is 7.99. The zero-order chi connectivity index (χ0) is 16.9. The molecule has 0 saturated heterocycles. The lowest BCUT2D eigenvalue weighted by atomic mass is 10.3. The summed E-state index contributed by atoms with van der Waals surface area (Å²) in [6.07, 6.45) is 4.86. The predicted octanol–water partition coefficient (Wildman–Crippen LogP) is 1.38. The highest BCUT2D eigenvalue weighted by Gasteiger charge is 2.10. The molecule has 0 atom stereocenters. The number of fused-ring (bicyclic) bond motifs is 1. The third kappa shape index (κ3) is 3.93. The molecule has 0 radical (unpaired) electrons. The molecule has 0 fully saturated rings. The quantitative estimate of drug-likeness (QED) is 0.428. The number of nitrogens with zero attached hydrogens (tertiary/aromatic N) is 6. The van der Waals surface area contributed by atoms with Gasteiger partial charge in [0.15, 0.2) is 0 Å². The van der Waals surface area contributed by atoms with Gasteiger partial charge >= 0.3 is 0 Å². The molecule has 3 aromatic rings. The Kier molecular flexibility index (Phi) is 4.80. The third-order valence-corrected chi connectivity index (χ3v) is 3.86. The van der Waals surface area contributed by atoms with Crippen LogP contribution < -0.4 is 5.43 Å². The van der Waals surface area contributed by atoms with E-state index in [0.717, 1.165) is 17.0 Å². The maximum Gasteiger partial charge on any atom is 0.253 e. The van der Waals surface area contributed by atoms with Gasteiger partial charge in [0.25, 0.3) is 11.7 Å². The summed E-state index contributed by atoms with van der Waals surface area (Å²) in [4.78, 5) is 24.4. The molecule has 24 heavy (non-hydrogen) atoms. The molecule has 0 saturated carbocycles. The molecule has 3 rings (SSSR count). The van der Waals surface area contributed by atoms with Gasteiger partial charge in [-0.2, -0.15) is 10.1 Å². The van der Waals surface area contributed by atoms with Gasteiger partial charge in [-0.15, -0.1) is 5.10 Å². The van der Waals surface area contributed by atoms with Crippen LogP contribution in [-0.4, -0.2) is 42.4 Å². The number of carbonyl (C=O) groups is 1. The van der Waals surface area contributed by atoms with E-state index < -0.39 is 0 Å². The van der Waals surface area contributed by atoms with E-state index in [9.17, 15) is 4.79 Å². The summed E-state index contributed by atoms with van der Waals surface area (Å²) in [6, 6.07) is 5.57. The molecule has 0 spiro atoms. The Morgan fingerprint density at radius 2 is 2.29 bits per heavy atom. The highest BCUT2D eigenvalue weighted by atomic mass is 32.2. The molecule has 122 valence electrons. The van der Waals surface area contributed by atoms with Gasteiger partial charge in [0.2, 0.25) is 5.16 Å². The molecule has 0 aliphatic rings. The number of nitrogens with one attached hydrogen (secondary N) is 1. The fourth-order valence-corrected chi connectivity index (χ4v) is 2.61. The minimum atomic E-state index is -0.236. The van der Waals surface area contributed by atoms with Crippen LogP contribution in [0.25, 0.3) is 5.78 Å². The standard InChI is InChI=1S/C15H15N7OS/c1-10-6-11(2)22-14(18-10)19-15(21-22)24-9-13(23)20-17-8-12-4-3-5-16-7-12/h3-8H,9H2,1-2H3,(H,20,23)/b17-8+. The lowest BCUT2D eigenvalue weighted by molar-refractivity contribution is -0.118. The molecule has 0 aromatic carbocycles. The zero-order valence-corrected chi connectivity index (χ0v) is 14.0. The van der Waals surface area contributed by atoms with Gasteiger partial charge in [0.05, 0.1) is 12.0 Å². The number of pyridine rings is 1. The molecule has 8 nitrogen and oxygen atoms in total. The first kappa shape index (κ1) is 16.1. The van der Waals surface area contributed by atoms with E-state index in [4.69, 9.17) is 0 Å². The van der Waals surface area contributed by atoms with Crippen molar-refractivity contribution >= 4 is 29.7 Å². The molecule has 0 aliphatic carbocycles. The van der Waals surface area contributed by atoms with Crippen molar-refractivity contribution in [2.24, 2.45) is 5.10 Å². The smallest absolute Gasteiger partial charge is 0.253 e. The summed E-state index contributed by atoms with van der Waals surface area (Å²) in [7, 11) is 0. The van der Waals surface area contributed by atoms with Crippen LogP contribution in [0.5, 0.6) is 0 Å². The number of hydrogen-bond acceptors (Lipinski definition) is 7. The molecule has 0 aliphatic heterocycles. The fourth-order valence-electron chi connectivity index (χ4n) is 2.00. The second-order valence-electron chi connectivity index (χ2n) is 5.01. The number of thioether (sulfide) groups is 1. The van der Waals surface area contributed by atoms with Crippen molar-refractivity contribution in [2.75, 3.05) is 5.75 Å². The number of hydrogen-bond donors (Lipinski definition) is 1. The van der Waals surface area contributed by atoms with Crippen LogP contribution in [0.15, 0.2) is 40.9 Å². The van der Waals surface area contributed by atoms with Gasteiger partial charge in [0, 0.05) is 29.3 Å². The van der Waals surface area contributed by atoms with Crippen LogP contribution in [0.4, 0.5) is 0 Å². The first-order chi connectivity index (χ1) is 11.6. The number of rotatable bonds is 5. The van der Waals surface area contributed by atoms with Gasteiger partial charge in [-0.05, 0) is 26.0 Å². The van der Waals surface area contributed by atoms with E-state index in [1.54, 1.807) is 23.0 Å². The molecule has 3 heterocycles. The van der Waals surface area contributed by atoms with Crippen LogP contribution in [-0.2, 0) is 4.79 Å². The first-order valence-electron chi connectivity index (χ1n) is 7.17. The first-order valence-corrected chi connectivity index (χ1v) is 8.16. The van der Waals surface area contributed by atoms with Crippen LogP contribution in [0, 0.1) is 13.8 Å². The summed E-state index contributed by atoms with van der Waals surface area (Å²) in [5, 5.41) is 8.72. The normalized spacial score (nSPS) is 11.2. The molecule has 1 amide bonds. The van der Waals surface area contributed by atoms with Gasteiger partial charge in [-0.25, -0.2) is 14.9 Å². The maximum absolute atomic E-state index is 11.8. The Balaban J connectivity index is 1.56. The molecule has 9 heteroatoms. The van der Waals surface area contributed by atoms with E-state index in [1.165, 1.54) is 18.0 Å². The van der Waals surface area contributed by atoms with Crippen molar-refractivity contribution in [3.63, 3.8) is 0 Å². The van der Waals surface area contributed by atoms with Crippen molar-refractivity contribution < 1.29 is 4.79 Å². The van der Waals surface area contributed by atoms with Gasteiger partial charge in [-0.1, -0.05) is 17.8 Å². The summed E-state index contributed by atoms with van der Waals surface area (Å²) in [6.45, 7) is 3.84. The maximum atomic E-state index is 11.8. The number of amides is 1. The molecular formula is C15H15N7OS. The van der Waals surface area contributed by atoms with Crippen molar-refractivity contribution in [3.8, 4) is 0 Å². The fraction of sp³-hybridized carbons (Fsp3) is 0.200. The minimum absolute atomic E-state index is 0.166. The lowest BCUT2D eigenvalue weighted by Crippen LogP contribution is -2.19. The zero-order valence-electron chi connectivity index (χ0n) is 13.2. The third-order valence-electron chi connectivity index (χ3n) is 3.02. The lowest BCUT2D eigenvalue weighted by Gasteiger charge is -1.97. The second kappa shape index (κ2) is 7.18. The second-order valence-corrected chi connectivity index (χ2v) is 5.96. The van der Waals surface area contributed by atoms with Crippen molar-refractivity contribution in [3.05, 3.63) is 47.5 Å². The summed E-state index contributed by atoms with van der Waals surface area (Å²) >= 11 is 1.23. The van der Waals surface area contributed by atoms with E-state index >= 15 is 0 Å². The van der Waals surface area contributed by atoms with Gasteiger partial charge < -0.3 is 0 Å². The van der Waals surface area contributed by atoms with Crippen molar-refractivity contribution in [1.82, 2.24) is 30.0 Å². The SMILES string of the molecule is Cc1cc(C)n2nc(SCC(=O)N/N=C/c3cccnc3)nc2n1. The average molecular weight is 341 g/mol. The summed E-state index contributed by atoms with van der Waals surface area (Å²) in [5.41, 5.74) is 5.10. The number of aryl methyl sites for hydroxylation is 2. The van der Waals surface area contributed by atoms with Crippen LogP contribution in [0.1, 0.15) is 17.0 Å². The van der Waals surface area contributed by atoms with Crippen LogP contribution in [0.2, 0.25) is 0 Å². The molecule has 1 N–H and O–H groups in total. The minimum Gasteiger partial charge on any atom is -0.272 e. The number of hydrazone groups is 1. The Morgan fingerprint density at radius 3 is 3.08 bits per heavy atom. The average Bonchev–Trinajstić information content (AvgIpc) is 2.97. The summed E-state index contributed by atoms with van der Waals surface area (Å²) in [5.74, 6) is 0.462. The van der Waals surface area contributed by atoms with Crippen molar-refractivity contribution in [2.45, 2.75) is 19.0 Å². The number of carbonyl (C=O) groups excluding carboxylic acids is 1. The number of aromatic nitrogens is 5. The Morgan fingerprint density at radius 1 is 1.42 bits per heavy atom. The Bertz CT molecular complexity index is 891. The molecule has 0 bridgehead atoms. The topological polar surface area (TPSA) is 97.4 Å². The summed E-state index contributed by atoms with van der Waals surface area (Å²) < 4.78 is 1.66. The van der Waals surface area contributed by atoms with E-state index in [0.29, 0.717) is 10.9 Å². The van der Waals surface area contributed by atoms with Crippen molar-refractivity contribution in [1.29, 1.82) is 0 Å². The predicted molar refractivity (Wildman–Crippen MR) is 91.0 cm³/mol. The molecule has 0 unspecified atom stereocenters. The Labute approximate surface area is 142 Å². The van der Waals surface area contributed by atoms with Crippen LogP contribution in [0.3, 0.4) is 0 Å². The Hall–Kier alpha value is -2.81. The van der Waals surface area contributed by atoms with Crippen LogP contribution >= 0.6 is 11.8 Å². The monoisotopic (exact) mass is 341 g/mol. The molecule has 3 aromatic heterocycles. The molecular weight excluding hydrogens is 326 g/mol. The van der Waals surface area contributed by atoms with Gasteiger partial charge in [-0.3, -0.25) is 9.78 Å². The van der Waals surface area contributed by atoms with E-state index in [-0.39, 0.29) is 11.7 Å². The van der Waals surface area contributed by atoms with E-state index in [1.807, 2.05) is 26.0 Å². The largest absolute Gasteiger partial charge is 0.272 e.